The lowest BCUT2D eigenvalue weighted by molar-refractivity contribution is 0.461. The van der Waals surface area contributed by atoms with Crippen LogP contribution < -0.4 is 0 Å². The molecule has 2 heteroatoms. The second kappa shape index (κ2) is 19.1. The smallest absolute Gasteiger partial charge is 0.127 e. The van der Waals surface area contributed by atoms with E-state index in [0.717, 1.165) is 68.9 Å². The van der Waals surface area contributed by atoms with E-state index in [1.165, 1.54) is 39.9 Å². The predicted molar refractivity (Wildman–Crippen MR) is 190 cm³/mol. The van der Waals surface area contributed by atoms with Crippen LogP contribution in [0.1, 0.15) is 124 Å². The summed E-state index contributed by atoms with van der Waals surface area (Å²) in [4.78, 5) is 0. The maximum Gasteiger partial charge on any atom is 0.127 e. The average molecular weight is 583 g/mol. The van der Waals surface area contributed by atoms with Gasteiger partial charge in [-0.2, -0.15) is 0 Å². The number of aromatic hydroxyl groups is 2. The summed E-state index contributed by atoms with van der Waals surface area (Å²) in [6.45, 7) is 17.4. The van der Waals surface area contributed by atoms with Crippen LogP contribution in [0.4, 0.5) is 0 Å². The fourth-order valence-electron chi connectivity index (χ4n) is 5.39. The molecule has 0 atom stereocenters. The Labute approximate surface area is 263 Å². The van der Waals surface area contributed by atoms with Crippen molar-refractivity contribution < 1.29 is 10.2 Å². The lowest BCUT2D eigenvalue weighted by Crippen LogP contribution is -1.92. The van der Waals surface area contributed by atoms with Gasteiger partial charge in [0.1, 0.15) is 11.5 Å². The standard InChI is InChI=1S/C41H58O2/c1-30(2)16-11-17-31(3)18-12-19-32(4)20-13-21-33(5)22-14-23-34(6)24-15-25-35(7)28-29-37-36(8)40(42)38-26-9-10-27-39(38)41(37)43/h9-10,16,18,20,22,24,26-28,42-43H,11-15,17,19,21,23,25,29H2,1-8H3/b31-18-,32-20+,33-22+,34-24+,35-28-. The summed E-state index contributed by atoms with van der Waals surface area (Å²) in [5, 5.41) is 22.9. The van der Waals surface area contributed by atoms with Crippen LogP contribution in [0.25, 0.3) is 10.8 Å². The van der Waals surface area contributed by atoms with Gasteiger partial charge in [0.05, 0.1) is 0 Å². The molecule has 2 aromatic rings. The highest BCUT2D eigenvalue weighted by Crippen LogP contribution is 2.39. The summed E-state index contributed by atoms with van der Waals surface area (Å²) in [6, 6.07) is 7.49. The maximum atomic E-state index is 10.8. The average Bonchev–Trinajstić information content (AvgIpc) is 2.95. The summed E-state index contributed by atoms with van der Waals surface area (Å²) in [6.07, 6.45) is 25.9. The monoisotopic (exact) mass is 582 g/mol. The van der Waals surface area contributed by atoms with Gasteiger partial charge in [0.15, 0.2) is 0 Å². The van der Waals surface area contributed by atoms with Crippen molar-refractivity contribution in [2.75, 3.05) is 0 Å². The lowest BCUT2D eigenvalue weighted by Gasteiger charge is -2.13. The first-order valence-corrected chi connectivity index (χ1v) is 16.3. The minimum absolute atomic E-state index is 0.267. The van der Waals surface area contributed by atoms with E-state index in [2.05, 4.69) is 84.9 Å². The Hall–Kier alpha value is -3.26. The van der Waals surface area contributed by atoms with Gasteiger partial charge in [0.2, 0.25) is 0 Å². The quantitative estimate of drug-likeness (QED) is 0.144. The maximum absolute atomic E-state index is 10.8. The Kier molecular flexibility index (Phi) is 16.0. The molecule has 0 fully saturated rings. The Morgan fingerprint density at radius 1 is 0.512 bits per heavy atom. The van der Waals surface area contributed by atoms with Crippen molar-refractivity contribution in [1.29, 1.82) is 0 Å². The summed E-state index contributed by atoms with van der Waals surface area (Å²) < 4.78 is 0. The molecule has 0 heterocycles. The van der Waals surface area contributed by atoms with Crippen molar-refractivity contribution in [3.8, 4) is 11.5 Å². The van der Waals surface area contributed by atoms with Gasteiger partial charge in [0.25, 0.3) is 0 Å². The van der Waals surface area contributed by atoms with Crippen LogP contribution in [0.15, 0.2) is 94.2 Å². The highest BCUT2D eigenvalue weighted by molar-refractivity contribution is 5.95. The van der Waals surface area contributed by atoms with Gasteiger partial charge in [-0.05, 0) is 132 Å². The number of hydrogen-bond acceptors (Lipinski definition) is 2. The highest BCUT2D eigenvalue weighted by Gasteiger charge is 2.14. The molecule has 2 aromatic carbocycles. The van der Waals surface area contributed by atoms with Crippen molar-refractivity contribution >= 4 is 10.8 Å². The molecular weight excluding hydrogens is 524 g/mol. The molecule has 0 aliphatic carbocycles. The van der Waals surface area contributed by atoms with Gasteiger partial charge in [-0.15, -0.1) is 0 Å². The molecule has 0 spiro atoms. The van der Waals surface area contributed by atoms with Gasteiger partial charge in [-0.1, -0.05) is 94.2 Å². The van der Waals surface area contributed by atoms with Crippen molar-refractivity contribution in [3.05, 3.63) is 105 Å². The Bertz CT molecular complexity index is 1370. The fourth-order valence-corrected chi connectivity index (χ4v) is 5.39. The van der Waals surface area contributed by atoms with E-state index >= 15 is 0 Å². The number of rotatable bonds is 17. The van der Waals surface area contributed by atoms with Gasteiger partial charge >= 0.3 is 0 Å². The first-order chi connectivity index (χ1) is 20.5. The topological polar surface area (TPSA) is 40.5 Å². The van der Waals surface area contributed by atoms with E-state index in [1.807, 2.05) is 31.2 Å². The number of benzene rings is 2. The predicted octanol–water partition coefficient (Wildman–Crippen LogP) is 12.7. The van der Waals surface area contributed by atoms with Crippen LogP contribution in [0.2, 0.25) is 0 Å². The van der Waals surface area contributed by atoms with Crippen LogP contribution in [-0.4, -0.2) is 10.2 Å². The second-order valence-electron chi connectivity index (χ2n) is 12.8. The van der Waals surface area contributed by atoms with Crippen molar-refractivity contribution in [1.82, 2.24) is 0 Å². The van der Waals surface area contributed by atoms with Gasteiger partial charge in [-0.3, -0.25) is 0 Å². The van der Waals surface area contributed by atoms with Crippen molar-refractivity contribution in [2.24, 2.45) is 0 Å². The van der Waals surface area contributed by atoms with Crippen LogP contribution in [0.5, 0.6) is 11.5 Å². The third-order valence-electron chi connectivity index (χ3n) is 8.40. The van der Waals surface area contributed by atoms with E-state index in [0.29, 0.717) is 17.2 Å². The summed E-state index contributed by atoms with van der Waals surface area (Å²) in [5.74, 6) is 0.549. The Morgan fingerprint density at radius 3 is 1.26 bits per heavy atom. The van der Waals surface area contributed by atoms with Gasteiger partial charge in [0, 0.05) is 16.3 Å². The van der Waals surface area contributed by atoms with Crippen LogP contribution in [-0.2, 0) is 6.42 Å². The molecule has 2 rings (SSSR count). The van der Waals surface area contributed by atoms with Crippen LogP contribution in [0.3, 0.4) is 0 Å². The molecule has 234 valence electrons. The normalized spacial score (nSPS) is 13.6. The molecule has 0 saturated carbocycles. The first-order valence-electron chi connectivity index (χ1n) is 16.3. The van der Waals surface area contributed by atoms with Crippen molar-refractivity contribution in [3.63, 3.8) is 0 Å². The van der Waals surface area contributed by atoms with E-state index in [1.54, 1.807) is 0 Å². The summed E-state index contributed by atoms with van der Waals surface area (Å²) in [7, 11) is 0. The zero-order valence-corrected chi connectivity index (χ0v) is 28.4. The minimum atomic E-state index is 0.267. The van der Waals surface area contributed by atoms with Gasteiger partial charge < -0.3 is 10.2 Å². The fraction of sp³-hybridized carbons (Fsp3) is 0.463. The molecule has 0 saturated heterocycles. The van der Waals surface area contributed by atoms with E-state index in [4.69, 9.17) is 0 Å². The summed E-state index contributed by atoms with van der Waals surface area (Å²) in [5.41, 5.74) is 10.2. The number of hydrogen-bond donors (Lipinski definition) is 2. The highest BCUT2D eigenvalue weighted by atomic mass is 16.3. The Balaban J connectivity index is 1.71. The number of fused-ring (bicyclic) bond motifs is 1. The molecule has 0 aliphatic rings. The zero-order chi connectivity index (χ0) is 31.8. The second-order valence-corrected chi connectivity index (χ2v) is 12.8. The third kappa shape index (κ3) is 13.3. The van der Waals surface area contributed by atoms with E-state index in [-0.39, 0.29) is 11.5 Å². The molecule has 43 heavy (non-hydrogen) atoms. The number of phenols is 2. The zero-order valence-electron chi connectivity index (χ0n) is 28.4. The minimum Gasteiger partial charge on any atom is -0.507 e. The molecule has 0 bridgehead atoms. The van der Waals surface area contributed by atoms with Crippen LogP contribution in [0, 0.1) is 6.92 Å². The molecule has 0 aromatic heterocycles. The summed E-state index contributed by atoms with van der Waals surface area (Å²) >= 11 is 0. The van der Waals surface area contributed by atoms with Crippen LogP contribution >= 0.6 is 0 Å². The van der Waals surface area contributed by atoms with E-state index in [9.17, 15) is 10.2 Å². The Morgan fingerprint density at radius 2 is 0.860 bits per heavy atom. The molecular formula is C41H58O2. The molecule has 0 unspecified atom stereocenters. The first kappa shape index (κ1) is 35.9. The van der Waals surface area contributed by atoms with Crippen molar-refractivity contribution in [2.45, 2.75) is 126 Å². The molecule has 0 amide bonds. The molecule has 0 radical (unpaired) electrons. The number of allylic oxidation sites excluding steroid dienone is 12. The lowest BCUT2D eigenvalue weighted by atomic mass is 9.95. The van der Waals surface area contributed by atoms with Gasteiger partial charge in [-0.25, -0.2) is 0 Å². The molecule has 0 aliphatic heterocycles. The SMILES string of the molecule is CC(C)=CCC/C(C)=C\CC/C(C)=C/CC/C(C)=C/CC/C(C)=C/CC/C(C)=C\Cc1c(C)c(O)c2ccccc2c1O. The third-order valence-corrected chi connectivity index (χ3v) is 8.40. The largest absolute Gasteiger partial charge is 0.507 e. The number of phenolic OH excluding ortho intramolecular Hbond substituents is 2. The molecule has 2 N–H and O–H groups in total. The molecule has 2 nitrogen and oxygen atoms in total. The van der Waals surface area contributed by atoms with E-state index < -0.39 is 0 Å².